The summed E-state index contributed by atoms with van der Waals surface area (Å²) < 4.78 is 2.61. The van der Waals surface area contributed by atoms with Crippen LogP contribution in [0.25, 0.3) is 86.6 Å². The Morgan fingerprint density at radius 3 is 1.47 bits per heavy atom. The summed E-state index contributed by atoms with van der Waals surface area (Å²) in [4.78, 5) is 2.42. The van der Waals surface area contributed by atoms with E-state index in [2.05, 4.69) is 241 Å². The minimum absolute atomic E-state index is 1.09. The predicted molar refractivity (Wildman–Crippen MR) is 259 cm³/mol. The van der Waals surface area contributed by atoms with Crippen molar-refractivity contribution in [3.8, 4) is 55.6 Å². The average Bonchev–Trinajstić information content (AvgIpc) is 3.72. The molecule has 0 bridgehead atoms. The number of rotatable bonds is 8. The molecule has 0 aliphatic rings. The van der Waals surface area contributed by atoms with Crippen molar-refractivity contribution in [1.29, 1.82) is 0 Å². The molecule has 11 rings (SSSR count). The highest BCUT2D eigenvalue weighted by Gasteiger charge is 2.20. The molecule has 0 aliphatic heterocycles. The lowest BCUT2D eigenvalue weighted by atomic mass is 9.91. The fourth-order valence-electron chi connectivity index (χ4n) is 8.79. The third kappa shape index (κ3) is 6.44. The summed E-state index contributed by atoms with van der Waals surface area (Å²) in [6.45, 7) is 0. The maximum atomic E-state index is 2.42. The first-order valence-electron chi connectivity index (χ1n) is 20.5. The van der Waals surface area contributed by atoms with Crippen LogP contribution in [0, 0.1) is 0 Å². The molecular weight excluding hydrogens is 743 g/mol. The second-order valence-corrected chi connectivity index (χ2v) is 16.3. The summed E-state index contributed by atoms with van der Waals surface area (Å²) in [5, 5.41) is 5.11. The van der Waals surface area contributed by atoms with Gasteiger partial charge in [-0.15, -0.1) is 11.3 Å². The van der Waals surface area contributed by atoms with Gasteiger partial charge < -0.3 is 4.90 Å². The lowest BCUT2D eigenvalue weighted by Gasteiger charge is -2.28. The third-order valence-electron chi connectivity index (χ3n) is 11.7. The lowest BCUT2D eigenvalue weighted by molar-refractivity contribution is 1.28. The summed E-state index contributed by atoms with van der Waals surface area (Å²) in [6, 6.07) is 86.0. The Balaban J connectivity index is 1.03. The van der Waals surface area contributed by atoms with Gasteiger partial charge in [0.25, 0.3) is 0 Å². The van der Waals surface area contributed by atoms with Crippen LogP contribution in [0.2, 0.25) is 0 Å². The third-order valence-corrected chi connectivity index (χ3v) is 13.0. The van der Waals surface area contributed by atoms with E-state index in [1.54, 1.807) is 0 Å². The van der Waals surface area contributed by atoms with Crippen LogP contribution >= 0.6 is 11.3 Å². The Morgan fingerprint density at radius 2 is 0.733 bits per heavy atom. The standard InChI is InChI=1S/C58H39NS/c1-2-14-40(15-3-1)41-28-30-42(31-29-41)43-32-36-46(37-33-43)59(56-26-10-8-21-52(56)54-24-13-25-55-53-22-9-11-27-57(53)60-58(54)55)47-38-34-45(35-39-47)49-19-6-7-20-50(49)51-23-12-17-44-16-4-5-18-48(44)51/h1-39H. The number of fused-ring (bicyclic) bond motifs is 4. The zero-order chi connectivity index (χ0) is 39.8. The SMILES string of the molecule is c1ccc(-c2ccc(-c3ccc(N(c4ccc(-c5ccccc5-c5cccc6ccccc56)cc4)c4ccccc4-c4cccc5c4sc4ccccc45)cc3)cc2)cc1. The Hall–Kier alpha value is -7.52. The molecule has 0 amide bonds. The van der Waals surface area contributed by atoms with E-state index in [4.69, 9.17) is 0 Å². The number of nitrogens with zero attached hydrogens (tertiary/aromatic N) is 1. The topological polar surface area (TPSA) is 3.24 Å². The van der Waals surface area contributed by atoms with Crippen LogP contribution in [0.15, 0.2) is 237 Å². The molecule has 0 spiro atoms. The number of hydrogen-bond donors (Lipinski definition) is 0. The average molecular weight is 782 g/mol. The number of hydrogen-bond acceptors (Lipinski definition) is 2. The molecule has 282 valence electrons. The molecule has 0 saturated heterocycles. The van der Waals surface area contributed by atoms with E-state index in [0.29, 0.717) is 0 Å². The molecule has 1 nitrogen and oxygen atoms in total. The molecule has 1 heterocycles. The molecule has 60 heavy (non-hydrogen) atoms. The van der Waals surface area contributed by atoms with E-state index in [0.717, 1.165) is 17.1 Å². The molecule has 11 aromatic rings. The second-order valence-electron chi connectivity index (χ2n) is 15.2. The van der Waals surface area contributed by atoms with Crippen molar-refractivity contribution >= 4 is 59.3 Å². The molecule has 0 fully saturated rings. The van der Waals surface area contributed by atoms with Crippen LogP contribution in [0.4, 0.5) is 17.1 Å². The normalized spacial score (nSPS) is 11.3. The van der Waals surface area contributed by atoms with Crippen molar-refractivity contribution in [2.24, 2.45) is 0 Å². The van der Waals surface area contributed by atoms with Crippen molar-refractivity contribution in [2.75, 3.05) is 4.90 Å². The Labute approximate surface area is 354 Å². The van der Waals surface area contributed by atoms with Gasteiger partial charge in [0.2, 0.25) is 0 Å². The van der Waals surface area contributed by atoms with Crippen molar-refractivity contribution in [1.82, 2.24) is 0 Å². The minimum atomic E-state index is 1.09. The molecule has 0 unspecified atom stereocenters. The van der Waals surface area contributed by atoms with Crippen LogP contribution in [0.1, 0.15) is 0 Å². The highest BCUT2D eigenvalue weighted by Crippen LogP contribution is 2.46. The highest BCUT2D eigenvalue weighted by molar-refractivity contribution is 7.26. The highest BCUT2D eigenvalue weighted by atomic mass is 32.1. The van der Waals surface area contributed by atoms with Crippen molar-refractivity contribution in [3.63, 3.8) is 0 Å². The van der Waals surface area contributed by atoms with Gasteiger partial charge in [0, 0.05) is 42.7 Å². The number of para-hydroxylation sites is 1. The van der Waals surface area contributed by atoms with Gasteiger partial charge in [0.1, 0.15) is 0 Å². The molecular formula is C58H39NS. The molecule has 10 aromatic carbocycles. The van der Waals surface area contributed by atoms with E-state index in [1.807, 2.05) is 11.3 Å². The first-order valence-corrected chi connectivity index (χ1v) is 21.3. The lowest BCUT2D eigenvalue weighted by Crippen LogP contribution is -2.11. The van der Waals surface area contributed by atoms with Crippen molar-refractivity contribution < 1.29 is 0 Å². The van der Waals surface area contributed by atoms with Gasteiger partial charge in [0.05, 0.1) is 5.69 Å². The van der Waals surface area contributed by atoms with E-state index in [1.165, 1.54) is 86.6 Å². The van der Waals surface area contributed by atoms with E-state index >= 15 is 0 Å². The number of thiophene rings is 1. The van der Waals surface area contributed by atoms with Gasteiger partial charge in [-0.25, -0.2) is 0 Å². The Morgan fingerprint density at radius 1 is 0.267 bits per heavy atom. The smallest absolute Gasteiger partial charge is 0.0540 e. The fourth-order valence-corrected chi connectivity index (χ4v) is 10.0. The van der Waals surface area contributed by atoms with Crippen molar-refractivity contribution in [2.45, 2.75) is 0 Å². The fraction of sp³-hybridized carbons (Fsp3) is 0. The van der Waals surface area contributed by atoms with E-state index in [9.17, 15) is 0 Å². The second kappa shape index (κ2) is 15.3. The van der Waals surface area contributed by atoms with Crippen LogP contribution in [-0.2, 0) is 0 Å². The van der Waals surface area contributed by atoms with E-state index in [-0.39, 0.29) is 0 Å². The molecule has 0 atom stereocenters. The zero-order valence-electron chi connectivity index (χ0n) is 32.9. The summed E-state index contributed by atoms with van der Waals surface area (Å²) >= 11 is 1.88. The monoisotopic (exact) mass is 781 g/mol. The molecule has 2 heteroatoms. The first kappa shape index (κ1) is 35.6. The minimum Gasteiger partial charge on any atom is -0.310 e. The molecule has 0 N–H and O–H groups in total. The largest absolute Gasteiger partial charge is 0.310 e. The van der Waals surface area contributed by atoms with Gasteiger partial charge in [-0.1, -0.05) is 200 Å². The van der Waals surface area contributed by atoms with Gasteiger partial charge in [0.15, 0.2) is 0 Å². The predicted octanol–water partition coefficient (Wildman–Crippen LogP) is 17.0. The Bertz CT molecular complexity index is 3280. The maximum absolute atomic E-state index is 2.42. The molecule has 0 radical (unpaired) electrons. The summed E-state index contributed by atoms with van der Waals surface area (Å²) in [6.07, 6.45) is 0. The summed E-state index contributed by atoms with van der Waals surface area (Å²) in [5.41, 5.74) is 15.4. The number of anilines is 3. The van der Waals surface area contributed by atoms with Crippen LogP contribution < -0.4 is 4.90 Å². The Kier molecular flexibility index (Phi) is 9.11. The first-order chi connectivity index (χ1) is 29.8. The van der Waals surface area contributed by atoms with Gasteiger partial charge in [-0.2, -0.15) is 0 Å². The van der Waals surface area contributed by atoms with Crippen LogP contribution in [0.3, 0.4) is 0 Å². The van der Waals surface area contributed by atoms with Crippen LogP contribution in [-0.4, -0.2) is 0 Å². The van der Waals surface area contributed by atoms with Gasteiger partial charge in [-0.05, 0) is 91.7 Å². The molecule has 1 aromatic heterocycles. The summed E-state index contributed by atoms with van der Waals surface area (Å²) in [7, 11) is 0. The molecule has 0 saturated carbocycles. The van der Waals surface area contributed by atoms with Gasteiger partial charge >= 0.3 is 0 Å². The quantitative estimate of drug-likeness (QED) is 0.148. The number of benzene rings is 10. The zero-order valence-corrected chi connectivity index (χ0v) is 33.7. The summed E-state index contributed by atoms with van der Waals surface area (Å²) in [5.74, 6) is 0. The van der Waals surface area contributed by atoms with Gasteiger partial charge in [-0.3, -0.25) is 0 Å². The van der Waals surface area contributed by atoms with E-state index < -0.39 is 0 Å². The maximum Gasteiger partial charge on any atom is 0.0540 e. The van der Waals surface area contributed by atoms with Crippen LogP contribution in [0.5, 0.6) is 0 Å². The van der Waals surface area contributed by atoms with Crippen molar-refractivity contribution in [3.05, 3.63) is 237 Å². The molecule has 0 aliphatic carbocycles.